The second-order valence-electron chi connectivity index (χ2n) is 6.56. The molecule has 2 aromatic carbocycles. The molecule has 1 unspecified atom stereocenters. The van der Waals surface area contributed by atoms with Gasteiger partial charge in [-0.25, -0.2) is 0 Å². The molecule has 1 amide bonds. The van der Waals surface area contributed by atoms with Gasteiger partial charge in [-0.3, -0.25) is 4.79 Å². The highest BCUT2D eigenvalue weighted by atomic mass is 35.5. The standard InChI is InChI=1S/C21H24ClNO2/c22-20-11-9-18(10-12-20)19-8-4-5-13-23(14-19)21(24)16-25-15-17-6-2-1-3-7-17/h1-3,6-7,9-12,19H,4-5,8,13-16H2. The van der Waals surface area contributed by atoms with Crippen molar-refractivity contribution in [3.8, 4) is 0 Å². The van der Waals surface area contributed by atoms with Crippen LogP contribution in [-0.4, -0.2) is 30.5 Å². The van der Waals surface area contributed by atoms with Gasteiger partial charge in [0.15, 0.2) is 0 Å². The van der Waals surface area contributed by atoms with Crippen molar-refractivity contribution in [3.63, 3.8) is 0 Å². The number of ether oxygens (including phenoxy) is 1. The smallest absolute Gasteiger partial charge is 0.248 e. The minimum absolute atomic E-state index is 0.0804. The van der Waals surface area contributed by atoms with Crippen molar-refractivity contribution in [2.24, 2.45) is 0 Å². The quantitative estimate of drug-likeness (QED) is 0.779. The molecular formula is C21H24ClNO2. The first kappa shape index (κ1) is 18.0. The molecule has 3 rings (SSSR count). The molecule has 1 saturated heterocycles. The Kier molecular flexibility index (Phi) is 6.48. The lowest BCUT2D eigenvalue weighted by Crippen LogP contribution is -2.36. The predicted octanol–water partition coefficient (Wildman–Crippen LogP) is 4.65. The van der Waals surface area contributed by atoms with Gasteiger partial charge in [0.1, 0.15) is 6.61 Å². The van der Waals surface area contributed by atoms with E-state index in [1.165, 1.54) is 5.56 Å². The SMILES string of the molecule is O=C(COCc1ccccc1)N1CCCCC(c2ccc(Cl)cc2)C1. The van der Waals surface area contributed by atoms with Crippen molar-refractivity contribution in [1.82, 2.24) is 4.90 Å². The fraction of sp³-hybridized carbons (Fsp3) is 0.381. The summed E-state index contributed by atoms with van der Waals surface area (Å²) in [6.07, 6.45) is 3.30. The molecule has 1 fully saturated rings. The van der Waals surface area contributed by atoms with E-state index in [1.807, 2.05) is 47.4 Å². The average molecular weight is 358 g/mol. The van der Waals surface area contributed by atoms with Crippen LogP contribution in [0, 0.1) is 0 Å². The summed E-state index contributed by atoms with van der Waals surface area (Å²) in [7, 11) is 0. The van der Waals surface area contributed by atoms with Crippen LogP contribution in [0.5, 0.6) is 0 Å². The Morgan fingerprint density at radius 2 is 1.84 bits per heavy atom. The number of nitrogens with zero attached hydrogens (tertiary/aromatic N) is 1. The third-order valence-corrected chi connectivity index (χ3v) is 4.95. The van der Waals surface area contributed by atoms with Crippen LogP contribution in [0.2, 0.25) is 5.02 Å². The third kappa shape index (κ3) is 5.32. The minimum atomic E-state index is 0.0804. The van der Waals surface area contributed by atoms with Crippen molar-refractivity contribution >= 4 is 17.5 Å². The lowest BCUT2D eigenvalue weighted by Gasteiger charge is -2.25. The molecule has 0 aromatic heterocycles. The van der Waals surface area contributed by atoms with Crippen molar-refractivity contribution in [2.45, 2.75) is 31.8 Å². The van der Waals surface area contributed by atoms with E-state index in [0.717, 1.165) is 42.9 Å². The average Bonchev–Trinajstić information content (AvgIpc) is 2.89. The summed E-state index contributed by atoms with van der Waals surface area (Å²) in [6.45, 7) is 2.19. The van der Waals surface area contributed by atoms with Crippen LogP contribution in [0.1, 0.15) is 36.3 Å². The summed E-state index contributed by atoms with van der Waals surface area (Å²) in [5.74, 6) is 0.453. The zero-order valence-corrected chi connectivity index (χ0v) is 15.1. The Hall–Kier alpha value is -1.84. The molecule has 0 N–H and O–H groups in total. The normalized spacial score (nSPS) is 18.0. The van der Waals surface area contributed by atoms with Crippen molar-refractivity contribution in [3.05, 3.63) is 70.7 Å². The van der Waals surface area contributed by atoms with E-state index in [0.29, 0.717) is 12.5 Å². The van der Waals surface area contributed by atoms with Gasteiger partial charge in [0.25, 0.3) is 0 Å². The van der Waals surface area contributed by atoms with E-state index >= 15 is 0 Å². The van der Waals surface area contributed by atoms with E-state index in [9.17, 15) is 4.79 Å². The summed E-state index contributed by atoms with van der Waals surface area (Å²) >= 11 is 5.99. The van der Waals surface area contributed by atoms with Crippen LogP contribution < -0.4 is 0 Å². The second kappa shape index (κ2) is 9.02. The molecule has 1 heterocycles. The van der Waals surface area contributed by atoms with E-state index in [1.54, 1.807) is 0 Å². The van der Waals surface area contributed by atoms with Gasteiger partial charge in [0.2, 0.25) is 5.91 Å². The van der Waals surface area contributed by atoms with E-state index in [2.05, 4.69) is 12.1 Å². The van der Waals surface area contributed by atoms with Gasteiger partial charge in [-0.1, -0.05) is 60.5 Å². The Labute approximate surface area is 154 Å². The molecule has 1 aliphatic rings. The maximum absolute atomic E-state index is 12.6. The van der Waals surface area contributed by atoms with Gasteiger partial charge < -0.3 is 9.64 Å². The number of carbonyl (C=O) groups excluding carboxylic acids is 1. The number of carbonyl (C=O) groups is 1. The van der Waals surface area contributed by atoms with Crippen LogP contribution in [0.25, 0.3) is 0 Å². The van der Waals surface area contributed by atoms with Crippen LogP contribution >= 0.6 is 11.6 Å². The summed E-state index contributed by atoms with van der Waals surface area (Å²) in [6, 6.07) is 18.0. The fourth-order valence-corrected chi connectivity index (χ4v) is 3.42. The molecule has 2 aromatic rings. The van der Waals surface area contributed by atoms with Crippen LogP contribution in [0.4, 0.5) is 0 Å². The lowest BCUT2D eigenvalue weighted by molar-refractivity contribution is -0.136. The highest BCUT2D eigenvalue weighted by Gasteiger charge is 2.23. The number of likely N-dealkylation sites (tertiary alicyclic amines) is 1. The topological polar surface area (TPSA) is 29.5 Å². The number of halogens is 1. The molecule has 132 valence electrons. The monoisotopic (exact) mass is 357 g/mol. The largest absolute Gasteiger partial charge is 0.367 e. The zero-order chi connectivity index (χ0) is 17.5. The Balaban J connectivity index is 1.54. The Morgan fingerprint density at radius 3 is 2.60 bits per heavy atom. The molecule has 0 saturated carbocycles. The number of rotatable bonds is 5. The molecule has 0 radical (unpaired) electrons. The lowest BCUT2D eigenvalue weighted by atomic mass is 9.94. The maximum Gasteiger partial charge on any atom is 0.248 e. The summed E-state index contributed by atoms with van der Waals surface area (Å²) < 4.78 is 5.62. The number of hydrogen-bond acceptors (Lipinski definition) is 2. The Bertz CT molecular complexity index is 672. The van der Waals surface area contributed by atoms with Gasteiger partial charge in [-0.05, 0) is 36.1 Å². The van der Waals surface area contributed by atoms with E-state index < -0.39 is 0 Å². The van der Waals surface area contributed by atoms with Gasteiger partial charge in [0, 0.05) is 24.0 Å². The molecule has 25 heavy (non-hydrogen) atoms. The molecule has 3 nitrogen and oxygen atoms in total. The molecule has 0 spiro atoms. The first-order chi connectivity index (χ1) is 12.2. The number of hydrogen-bond donors (Lipinski definition) is 0. The van der Waals surface area contributed by atoms with Gasteiger partial charge >= 0.3 is 0 Å². The number of benzene rings is 2. The van der Waals surface area contributed by atoms with Crippen molar-refractivity contribution < 1.29 is 9.53 Å². The summed E-state index contributed by atoms with van der Waals surface area (Å²) in [5.41, 5.74) is 2.35. The van der Waals surface area contributed by atoms with E-state index in [-0.39, 0.29) is 12.5 Å². The molecule has 0 bridgehead atoms. The van der Waals surface area contributed by atoms with Gasteiger partial charge in [-0.15, -0.1) is 0 Å². The van der Waals surface area contributed by atoms with E-state index in [4.69, 9.17) is 16.3 Å². The first-order valence-electron chi connectivity index (χ1n) is 8.87. The zero-order valence-electron chi connectivity index (χ0n) is 14.4. The van der Waals surface area contributed by atoms with Crippen molar-refractivity contribution in [2.75, 3.05) is 19.7 Å². The highest BCUT2D eigenvalue weighted by Crippen LogP contribution is 2.27. The minimum Gasteiger partial charge on any atom is -0.367 e. The third-order valence-electron chi connectivity index (χ3n) is 4.70. The molecule has 0 aliphatic carbocycles. The van der Waals surface area contributed by atoms with Gasteiger partial charge in [-0.2, -0.15) is 0 Å². The van der Waals surface area contributed by atoms with Crippen LogP contribution in [-0.2, 0) is 16.1 Å². The summed E-state index contributed by atoms with van der Waals surface area (Å²) in [4.78, 5) is 14.5. The molecule has 1 aliphatic heterocycles. The first-order valence-corrected chi connectivity index (χ1v) is 9.25. The predicted molar refractivity (Wildman–Crippen MR) is 101 cm³/mol. The van der Waals surface area contributed by atoms with Crippen LogP contribution in [0.15, 0.2) is 54.6 Å². The Morgan fingerprint density at radius 1 is 1.08 bits per heavy atom. The number of amides is 1. The summed E-state index contributed by atoms with van der Waals surface area (Å²) in [5, 5.41) is 0.750. The van der Waals surface area contributed by atoms with Crippen LogP contribution in [0.3, 0.4) is 0 Å². The van der Waals surface area contributed by atoms with Gasteiger partial charge in [0.05, 0.1) is 6.61 Å². The van der Waals surface area contributed by atoms with Crippen molar-refractivity contribution in [1.29, 1.82) is 0 Å². The fourth-order valence-electron chi connectivity index (χ4n) is 3.30. The second-order valence-corrected chi connectivity index (χ2v) is 7.00. The molecular weight excluding hydrogens is 334 g/mol. The molecule has 4 heteroatoms. The maximum atomic E-state index is 12.6. The highest BCUT2D eigenvalue weighted by molar-refractivity contribution is 6.30. The molecule has 1 atom stereocenters.